The molecule has 1 aromatic carbocycles. The van der Waals surface area contributed by atoms with E-state index in [2.05, 4.69) is 6.07 Å². The van der Waals surface area contributed by atoms with Crippen LogP contribution in [0.15, 0.2) is 24.3 Å². The van der Waals surface area contributed by atoms with Crippen molar-refractivity contribution in [3.8, 4) is 6.07 Å². The molecular formula is C11H13NO. The highest BCUT2D eigenvalue weighted by molar-refractivity contribution is 5.33. The van der Waals surface area contributed by atoms with Crippen molar-refractivity contribution in [3.63, 3.8) is 0 Å². The molecule has 0 bridgehead atoms. The smallest absolute Gasteiger partial charge is 0.0991 e. The molecule has 1 N–H and O–H groups in total. The standard InChI is InChI=1S/C11H13NO/c1-8(2)11(13)10-5-3-4-9(6-10)7-12/h3-6,8,11,13H,1-2H3. The summed E-state index contributed by atoms with van der Waals surface area (Å²) in [5.74, 6) is 0.175. The number of hydrogen-bond acceptors (Lipinski definition) is 2. The lowest BCUT2D eigenvalue weighted by atomic mass is 9.98. The van der Waals surface area contributed by atoms with E-state index in [1.54, 1.807) is 18.2 Å². The Balaban J connectivity index is 2.96. The molecule has 0 saturated carbocycles. The molecule has 0 radical (unpaired) electrons. The number of benzene rings is 1. The Morgan fingerprint density at radius 1 is 1.38 bits per heavy atom. The average molecular weight is 175 g/mol. The van der Waals surface area contributed by atoms with Crippen molar-refractivity contribution in [2.45, 2.75) is 20.0 Å². The minimum absolute atomic E-state index is 0.175. The van der Waals surface area contributed by atoms with Crippen LogP contribution in [0.5, 0.6) is 0 Å². The molecular weight excluding hydrogens is 162 g/mol. The van der Waals surface area contributed by atoms with Gasteiger partial charge in [0.2, 0.25) is 0 Å². The fraction of sp³-hybridized carbons (Fsp3) is 0.364. The Bertz CT molecular complexity index is 325. The van der Waals surface area contributed by atoms with Crippen molar-refractivity contribution in [2.24, 2.45) is 5.92 Å². The summed E-state index contributed by atoms with van der Waals surface area (Å²) in [6.07, 6.45) is -0.478. The fourth-order valence-electron chi connectivity index (χ4n) is 1.18. The number of rotatable bonds is 2. The highest BCUT2D eigenvalue weighted by Crippen LogP contribution is 2.21. The van der Waals surface area contributed by atoms with Crippen LogP contribution in [0.25, 0.3) is 0 Å². The molecule has 1 rings (SSSR count). The van der Waals surface area contributed by atoms with Gasteiger partial charge in [0.05, 0.1) is 17.7 Å². The Kier molecular flexibility index (Phi) is 3.05. The summed E-state index contributed by atoms with van der Waals surface area (Å²) in [5, 5.41) is 18.4. The van der Waals surface area contributed by atoms with E-state index in [4.69, 9.17) is 5.26 Å². The summed E-state index contributed by atoms with van der Waals surface area (Å²) >= 11 is 0. The Morgan fingerprint density at radius 3 is 2.62 bits per heavy atom. The predicted molar refractivity (Wildman–Crippen MR) is 51.0 cm³/mol. The predicted octanol–water partition coefficient (Wildman–Crippen LogP) is 2.25. The number of hydrogen-bond donors (Lipinski definition) is 1. The van der Waals surface area contributed by atoms with Gasteiger partial charge < -0.3 is 5.11 Å². The molecule has 0 saturated heterocycles. The van der Waals surface area contributed by atoms with Crippen LogP contribution in [0.1, 0.15) is 31.1 Å². The highest BCUT2D eigenvalue weighted by atomic mass is 16.3. The third-order valence-electron chi connectivity index (χ3n) is 1.99. The normalized spacial score (nSPS) is 12.5. The van der Waals surface area contributed by atoms with E-state index in [1.165, 1.54) is 0 Å². The monoisotopic (exact) mass is 175 g/mol. The molecule has 2 heteroatoms. The van der Waals surface area contributed by atoms with Gasteiger partial charge in [0, 0.05) is 0 Å². The molecule has 2 nitrogen and oxygen atoms in total. The van der Waals surface area contributed by atoms with E-state index in [0.717, 1.165) is 5.56 Å². The SMILES string of the molecule is CC(C)C(O)c1cccc(C#N)c1. The number of aliphatic hydroxyl groups excluding tert-OH is 1. The summed E-state index contributed by atoms with van der Waals surface area (Å²) in [7, 11) is 0. The zero-order chi connectivity index (χ0) is 9.84. The summed E-state index contributed by atoms with van der Waals surface area (Å²) in [5.41, 5.74) is 1.41. The first-order valence-electron chi connectivity index (χ1n) is 4.33. The lowest BCUT2D eigenvalue weighted by Crippen LogP contribution is -2.05. The number of nitrogens with zero attached hydrogens (tertiary/aromatic N) is 1. The lowest BCUT2D eigenvalue weighted by molar-refractivity contribution is 0.127. The Morgan fingerprint density at radius 2 is 2.08 bits per heavy atom. The minimum Gasteiger partial charge on any atom is -0.388 e. The van der Waals surface area contributed by atoms with Crippen molar-refractivity contribution in [1.82, 2.24) is 0 Å². The summed E-state index contributed by atoms with van der Waals surface area (Å²) in [4.78, 5) is 0. The zero-order valence-corrected chi connectivity index (χ0v) is 7.86. The molecule has 0 aromatic heterocycles. The van der Waals surface area contributed by atoms with Gasteiger partial charge in [-0.2, -0.15) is 5.26 Å². The lowest BCUT2D eigenvalue weighted by Gasteiger charge is -2.14. The molecule has 68 valence electrons. The van der Waals surface area contributed by atoms with Gasteiger partial charge in [0.25, 0.3) is 0 Å². The minimum atomic E-state index is -0.478. The maximum atomic E-state index is 9.71. The summed E-state index contributed by atoms with van der Waals surface area (Å²) in [6, 6.07) is 9.14. The van der Waals surface area contributed by atoms with Gasteiger partial charge >= 0.3 is 0 Å². The van der Waals surface area contributed by atoms with Crippen LogP contribution in [0.4, 0.5) is 0 Å². The molecule has 1 unspecified atom stereocenters. The molecule has 1 atom stereocenters. The second-order valence-electron chi connectivity index (χ2n) is 3.43. The van der Waals surface area contributed by atoms with Gasteiger partial charge in [-0.25, -0.2) is 0 Å². The Labute approximate surface area is 78.4 Å². The zero-order valence-electron chi connectivity index (χ0n) is 7.86. The maximum absolute atomic E-state index is 9.71. The van der Waals surface area contributed by atoms with Gasteiger partial charge in [-0.3, -0.25) is 0 Å². The third kappa shape index (κ3) is 2.30. The fourth-order valence-corrected chi connectivity index (χ4v) is 1.18. The second kappa shape index (κ2) is 4.06. The van der Waals surface area contributed by atoms with Crippen molar-refractivity contribution < 1.29 is 5.11 Å². The van der Waals surface area contributed by atoms with Crippen molar-refractivity contribution in [1.29, 1.82) is 5.26 Å². The summed E-state index contributed by atoms with van der Waals surface area (Å²) in [6.45, 7) is 3.90. The van der Waals surface area contributed by atoms with Crippen LogP contribution in [0, 0.1) is 17.2 Å². The molecule has 13 heavy (non-hydrogen) atoms. The van der Waals surface area contributed by atoms with Crippen LogP contribution < -0.4 is 0 Å². The Hall–Kier alpha value is -1.33. The van der Waals surface area contributed by atoms with E-state index < -0.39 is 6.10 Å². The number of aliphatic hydroxyl groups is 1. The van der Waals surface area contributed by atoms with E-state index in [1.807, 2.05) is 19.9 Å². The van der Waals surface area contributed by atoms with Crippen LogP contribution in [-0.2, 0) is 0 Å². The average Bonchev–Trinajstić information content (AvgIpc) is 2.16. The molecule has 0 aliphatic rings. The van der Waals surface area contributed by atoms with E-state index in [9.17, 15) is 5.11 Å². The van der Waals surface area contributed by atoms with Crippen LogP contribution >= 0.6 is 0 Å². The first-order valence-corrected chi connectivity index (χ1v) is 4.33. The quantitative estimate of drug-likeness (QED) is 0.749. The highest BCUT2D eigenvalue weighted by Gasteiger charge is 2.11. The molecule has 0 spiro atoms. The van der Waals surface area contributed by atoms with E-state index in [0.29, 0.717) is 5.56 Å². The molecule has 0 fully saturated rings. The second-order valence-corrected chi connectivity index (χ2v) is 3.43. The van der Waals surface area contributed by atoms with Crippen molar-refractivity contribution in [3.05, 3.63) is 35.4 Å². The summed E-state index contributed by atoms with van der Waals surface area (Å²) < 4.78 is 0. The van der Waals surface area contributed by atoms with Crippen LogP contribution in [-0.4, -0.2) is 5.11 Å². The van der Waals surface area contributed by atoms with Gasteiger partial charge in [0.1, 0.15) is 0 Å². The molecule has 0 aliphatic carbocycles. The largest absolute Gasteiger partial charge is 0.388 e. The van der Waals surface area contributed by atoms with Gasteiger partial charge in [-0.15, -0.1) is 0 Å². The molecule has 0 heterocycles. The topological polar surface area (TPSA) is 44.0 Å². The third-order valence-corrected chi connectivity index (χ3v) is 1.99. The van der Waals surface area contributed by atoms with Crippen LogP contribution in [0.2, 0.25) is 0 Å². The van der Waals surface area contributed by atoms with Crippen LogP contribution in [0.3, 0.4) is 0 Å². The van der Waals surface area contributed by atoms with Gasteiger partial charge in [-0.1, -0.05) is 26.0 Å². The first kappa shape index (κ1) is 9.76. The van der Waals surface area contributed by atoms with Gasteiger partial charge in [0.15, 0.2) is 0 Å². The van der Waals surface area contributed by atoms with Crippen molar-refractivity contribution >= 4 is 0 Å². The van der Waals surface area contributed by atoms with E-state index >= 15 is 0 Å². The molecule has 1 aromatic rings. The first-order chi connectivity index (χ1) is 6.15. The maximum Gasteiger partial charge on any atom is 0.0991 e. The molecule has 0 amide bonds. The molecule has 0 aliphatic heterocycles. The van der Waals surface area contributed by atoms with Gasteiger partial charge in [-0.05, 0) is 23.6 Å². The van der Waals surface area contributed by atoms with Crippen molar-refractivity contribution in [2.75, 3.05) is 0 Å². The number of nitriles is 1. The van der Waals surface area contributed by atoms with E-state index in [-0.39, 0.29) is 5.92 Å².